The summed E-state index contributed by atoms with van der Waals surface area (Å²) in [5.41, 5.74) is 8.28. The first-order valence-electron chi connectivity index (χ1n) is 9.71. The molecule has 1 heterocycles. The number of unbranched alkanes of at least 4 members (excludes halogenated alkanes) is 2. The van der Waals surface area contributed by atoms with E-state index in [0.717, 1.165) is 6.42 Å². The van der Waals surface area contributed by atoms with Gasteiger partial charge in [0.25, 0.3) is 0 Å². The third-order valence-electron chi connectivity index (χ3n) is 4.28. The Hall–Kier alpha value is -3.34. The Bertz CT molecular complexity index is 1100. The van der Waals surface area contributed by atoms with Crippen LogP contribution in [0.15, 0.2) is 48.8 Å². The molecular formula is C23H22ClFN4O2. The third-order valence-corrected chi connectivity index (χ3v) is 4.57. The molecule has 0 aliphatic carbocycles. The number of aliphatic hydroxyl groups excluding tert-OH is 1. The molecule has 8 heteroatoms. The third kappa shape index (κ3) is 6.57. The second-order valence-corrected chi connectivity index (χ2v) is 7.06. The number of aromatic nitrogens is 2. The van der Waals surface area contributed by atoms with Gasteiger partial charge in [0.15, 0.2) is 5.82 Å². The highest BCUT2D eigenvalue weighted by molar-refractivity contribution is 6.32. The standard InChI is InChI=1S/C23H22ClFN4O2/c24-19-13-18(9-10-21(19)31-14-16-6-5-7-17(25)12-16)29-23-22(26)20(27-15-28-23)8-3-1-2-4-11-30/h5-7,9-10,12-13,15,30H,1-2,4,11,14,26H2,(H,27,28,29). The van der Waals surface area contributed by atoms with Gasteiger partial charge in [-0.1, -0.05) is 29.7 Å². The van der Waals surface area contributed by atoms with Gasteiger partial charge in [-0.05, 0) is 54.7 Å². The van der Waals surface area contributed by atoms with Crippen molar-refractivity contribution in [2.75, 3.05) is 17.7 Å². The number of halogens is 2. The van der Waals surface area contributed by atoms with Crippen molar-refractivity contribution in [1.29, 1.82) is 0 Å². The van der Waals surface area contributed by atoms with Crippen LogP contribution in [0, 0.1) is 17.7 Å². The zero-order chi connectivity index (χ0) is 22.1. The number of nitrogens with two attached hydrogens (primary N) is 1. The lowest BCUT2D eigenvalue weighted by Crippen LogP contribution is -2.03. The van der Waals surface area contributed by atoms with Crippen LogP contribution in [0.5, 0.6) is 5.75 Å². The molecule has 0 unspecified atom stereocenters. The Morgan fingerprint density at radius 3 is 2.81 bits per heavy atom. The molecule has 0 amide bonds. The van der Waals surface area contributed by atoms with Crippen molar-refractivity contribution < 1.29 is 14.2 Å². The van der Waals surface area contributed by atoms with E-state index in [1.807, 2.05) is 0 Å². The van der Waals surface area contributed by atoms with Gasteiger partial charge in [0.05, 0.1) is 5.02 Å². The Morgan fingerprint density at radius 1 is 1.16 bits per heavy atom. The maximum atomic E-state index is 13.3. The molecule has 4 N–H and O–H groups in total. The molecule has 0 aliphatic rings. The molecule has 0 saturated heterocycles. The summed E-state index contributed by atoms with van der Waals surface area (Å²) in [7, 11) is 0. The van der Waals surface area contributed by atoms with E-state index in [-0.39, 0.29) is 19.0 Å². The van der Waals surface area contributed by atoms with Crippen LogP contribution in [0.3, 0.4) is 0 Å². The smallest absolute Gasteiger partial charge is 0.158 e. The summed E-state index contributed by atoms with van der Waals surface area (Å²) < 4.78 is 19.0. The van der Waals surface area contributed by atoms with Gasteiger partial charge in [0.2, 0.25) is 0 Å². The maximum Gasteiger partial charge on any atom is 0.158 e. The van der Waals surface area contributed by atoms with Crippen molar-refractivity contribution in [2.45, 2.75) is 25.9 Å². The molecule has 31 heavy (non-hydrogen) atoms. The van der Waals surface area contributed by atoms with Gasteiger partial charge in [0, 0.05) is 18.7 Å². The van der Waals surface area contributed by atoms with Gasteiger partial charge >= 0.3 is 0 Å². The number of nitrogen functional groups attached to an aromatic ring is 1. The maximum absolute atomic E-state index is 13.3. The van der Waals surface area contributed by atoms with Gasteiger partial charge in [-0.3, -0.25) is 0 Å². The Kier molecular flexibility index (Phi) is 8.05. The molecule has 0 aliphatic heterocycles. The number of rotatable bonds is 8. The minimum Gasteiger partial charge on any atom is -0.487 e. The second kappa shape index (κ2) is 11.2. The number of benzene rings is 2. The molecule has 0 atom stereocenters. The first-order chi connectivity index (χ1) is 15.1. The van der Waals surface area contributed by atoms with Crippen LogP contribution in [0.2, 0.25) is 5.02 Å². The first-order valence-corrected chi connectivity index (χ1v) is 10.1. The summed E-state index contributed by atoms with van der Waals surface area (Å²) >= 11 is 6.33. The lowest BCUT2D eigenvalue weighted by molar-refractivity contribution is 0.285. The van der Waals surface area contributed by atoms with E-state index in [9.17, 15) is 4.39 Å². The quantitative estimate of drug-likeness (QED) is 0.347. The molecule has 1 aromatic heterocycles. The molecular weight excluding hydrogens is 419 g/mol. The SMILES string of the molecule is Nc1c(C#CCCCCO)ncnc1Nc1ccc(OCc2cccc(F)c2)c(Cl)c1. The van der Waals surface area contributed by atoms with Crippen LogP contribution < -0.4 is 15.8 Å². The molecule has 0 bridgehead atoms. The highest BCUT2D eigenvalue weighted by Gasteiger charge is 2.09. The zero-order valence-corrected chi connectivity index (χ0v) is 17.5. The second-order valence-electron chi connectivity index (χ2n) is 6.66. The number of hydrogen-bond acceptors (Lipinski definition) is 6. The molecule has 160 valence electrons. The van der Waals surface area contributed by atoms with E-state index < -0.39 is 0 Å². The largest absolute Gasteiger partial charge is 0.487 e. The molecule has 0 saturated carbocycles. The molecule has 6 nitrogen and oxygen atoms in total. The molecule has 3 rings (SSSR count). The van der Waals surface area contributed by atoms with Gasteiger partial charge in [-0.15, -0.1) is 0 Å². The molecule has 2 aromatic carbocycles. The minimum absolute atomic E-state index is 0.155. The van der Waals surface area contributed by atoms with E-state index in [2.05, 4.69) is 27.1 Å². The summed E-state index contributed by atoms with van der Waals surface area (Å²) in [6, 6.07) is 11.4. The van der Waals surface area contributed by atoms with Crippen molar-refractivity contribution in [1.82, 2.24) is 9.97 Å². The average molecular weight is 441 g/mol. The molecule has 0 fully saturated rings. The van der Waals surface area contributed by atoms with Crippen molar-refractivity contribution in [2.24, 2.45) is 0 Å². The summed E-state index contributed by atoms with van der Waals surface area (Å²) in [5, 5.41) is 12.3. The van der Waals surface area contributed by atoms with E-state index in [4.69, 9.17) is 27.2 Å². The number of hydrogen-bond donors (Lipinski definition) is 3. The number of nitrogens with one attached hydrogen (secondary N) is 1. The van der Waals surface area contributed by atoms with E-state index in [0.29, 0.717) is 52.1 Å². The van der Waals surface area contributed by atoms with Gasteiger partial charge in [-0.25, -0.2) is 14.4 Å². The average Bonchev–Trinajstić information content (AvgIpc) is 2.75. The van der Waals surface area contributed by atoms with E-state index in [1.165, 1.54) is 18.5 Å². The molecule has 3 aromatic rings. The minimum atomic E-state index is -0.316. The first kappa shape index (κ1) is 22.3. The van der Waals surface area contributed by atoms with Crippen LogP contribution >= 0.6 is 11.6 Å². The van der Waals surface area contributed by atoms with Crippen LogP contribution in [0.4, 0.5) is 21.6 Å². The molecule has 0 radical (unpaired) electrons. The van der Waals surface area contributed by atoms with Crippen molar-refractivity contribution in [3.8, 4) is 17.6 Å². The van der Waals surface area contributed by atoms with Crippen molar-refractivity contribution >= 4 is 28.8 Å². The normalized spacial score (nSPS) is 10.3. The highest BCUT2D eigenvalue weighted by atomic mass is 35.5. The van der Waals surface area contributed by atoms with E-state index >= 15 is 0 Å². The van der Waals surface area contributed by atoms with Gasteiger partial charge < -0.3 is 20.9 Å². The Labute approximate surface area is 185 Å². The zero-order valence-electron chi connectivity index (χ0n) is 16.7. The van der Waals surface area contributed by atoms with Crippen LogP contribution in [0.25, 0.3) is 0 Å². The fourth-order valence-corrected chi connectivity index (χ4v) is 2.92. The highest BCUT2D eigenvalue weighted by Crippen LogP contribution is 2.30. The molecule has 0 spiro atoms. The summed E-state index contributed by atoms with van der Waals surface area (Å²) in [6.45, 7) is 0.353. The lowest BCUT2D eigenvalue weighted by Gasteiger charge is -2.12. The predicted molar refractivity (Wildman–Crippen MR) is 120 cm³/mol. The summed E-state index contributed by atoms with van der Waals surface area (Å²) in [6.07, 6.45) is 3.56. The van der Waals surface area contributed by atoms with E-state index in [1.54, 1.807) is 30.3 Å². The Balaban J connectivity index is 1.66. The van der Waals surface area contributed by atoms with Gasteiger partial charge in [0.1, 0.15) is 35.9 Å². The van der Waals surface area contributed by atoms with Gasteiger partial charge in [-0.2, -0.15) is 0 Å². The summed E-state index contributed by atoms with van der Waals surface area (Å²) in [5.74, 6) is 6.50. The number of anilines is 3. The van der Waals surface area contributed by atoms with Crippen LogP contribution in [0.1, 0.15) is 30.5 Å². The number of aliphatic hydroxyl groups is 1. The predicted octanol–water partition coefficient (Wildman–Crippen LogP) is 4.69. The number of nitrogens with zero attached hydrogens (tertiary/aromatic N) is 2. The monoisotopic (exact) mass is 440 g/mol. The fourth-order valence-electron chi connectivity index (χ4n) is 2.69. The van der Waals surface area contributed by atoms with Crippen molar-refractivity contribution in [3.63, 3.8) is 0 Å². The lowest BCUT2D eigenvalue weighted by atomic mass is 10.2. The Morgan fingerprint density at radius 2 is 2.03 bits per heavy atom. The van der Waals surface area contributed by atoms with Crippen molar-refractivity contribution in [3.05, 3.63) is 70.9 Å². The number of ether oxygens (including phenoxy) is 1. The fraction of sp³-hybridized carbons (Fsp3) is 0.217. The topological polar surface area (TPSA) is 93.3 Å². The van der Waals surface area contributed by atoms with Crippen LogP contribution in [-0.4, -0.2) is 21.7 Å². The van der Waals surface area contributed by atoms with Crippen LogP contribution in [-0.2, 0) is 6.61 Å². The summed E-state index contributed by atoms with van der Waals surface area (Å²) in [4.78, 5) is 8.29.